The van der Waals surface area contributed by atoms with Crippen molar-refractivity contribution in [1.82, 2.24) is 5.32 Å². The molecule has 0 heterocycles. The Morgan fingerprint density at radius 1 is 1.10 bits per heavy atom. The SMILES string of the molecule is CC(=O)COc1ccc([C@@H]2CC[C@H](N[C@H](C)c3cccc4ccccc34)C2)cc1C. The minimum atomic E-state index is 0.0449. The van der Waals surface area contributed by atoms with Crippen molar-refractivity contribution < 1.29 is 9.53 Å². The van der Waals surface area contributed by atoms with Gasteiger partial charge in [-0.15, -0.1) is 0 Å². The molecular formula is C27H31NO2. The summed E-state index contributed by atoms with van der Waals surface area (Å²) in [6.07, 6.45) is 3.55. The molecule has 0 saturated heterocycles. The van der Waals surface area contributed by atoms with E-state index >= 15 is 0 Å². The molecule has 0 radical (unpaired) electrons. The van der Waals surface area contributed by atoms with Crippen LogP contribution in [0.5, 0.6) is 5.75 Å². The van der Waals surface area contributed by atoms with Gasteiger partial charge in [-0.2, -0.15) is 0 Å². The van der Waals surface area contributed by atoms with Gasteiger partial charge in [0, 0.05) is 12.1 Å². The zero-order chi connectivity index (χ0) is 21.1. The van der Waals surface area contributed by atoms with E-state index in [9.17, 15) is 4.79 Å². The molecule has 3 aromatic rings. The van der Waals surface area contributed by atoms with E-state index in [-0.39, 0.29) is 12.4 Å². The van der Waals surface area contributed by atoms with Crippen LogP contribution in [0.15, 0.2) is 60.7 Å². The van der Waals surface area contributed by atoms with Crippen LogP contribution in [0, 0.1) is 6.92 Å². The van der Waals surface area contributed by atoms with Gasteiger partial charge in [0.2, 0.25) is 0 Å². The van der Waals surface area contributed by atoms with E-state index in [4.69, 9.17) is 4.74 Å². The van der Waals surface area contributed by atoms with Gasteiger partial charge >= 0.3 is 0 Å². The Bertz CT molecular complexity index is 1040. The van der Waals surface area contributed by atoms with E-state index in [0.29, 0.717) is 18.0 Å². The van der Waals surface area contributed by atoms with Crippen LogP contribution in [0.1, 0.15) is 61.8 Å². The number of ketones is 1. The Morgan fingerprint density at radius 2 is 1.90 bits per heavy atom. The van der Waals surface area contributed by atoms with Crippen molar-refractivity contribution >= 4 is 16.6 Å². The predicted octanol–water partition coefficient (Wildman–Crippen LogP) is 6.10. The molecule has 3 heteroatoms. The standard InChI is InChI=1S/C27H31NO2/c1-18-15-22(12-14-27(18)30-17-19(2)29)23-11-13-24(16-23)28-20(3)25-10-6-8-21-7-4-5-9-26(21)25/h4-10,12,14-15,20,23-24,28H,11,13,16-17H2,1-3H3/t20-,23-,24+/m1/s1. The largest absolute Gasteiger partial charge is 0.486 e. The first-order valence-electron chi connectivity index (χ1n) is 11.0. The quantitative estimate of drug-likeness (QED) is 0.520. The average molecular weight is 402 g/mol. The van der Waals surface area contributed by atoms with Crippen molar-refractivity contribution in [2.24, 2.45) is 0 Å². The van der Waals surface area contributed by atoms with Gasteiger partial charge < -0.3 is 10.1 Å². The third-order valence-electron chi connectivity index (χ3n) is 6.31. The lowest BCUT2D eigenvalue weighted by Gasteiger charge is -2.22. The molecule has 0 bridgehead atoms. The minimum absolute atomic E-state index is 0.0449. The van der Waals surface area contributed by atoms with Crippen molar-refractivity contribution in [2.45, 2.75) is 58.0 Å². The highest BCUT2D eigenvalue weighted by atomic mass is 16.5. The Balaban J connectivity index is 1.41. The number of hydrogen-bond donors (Lipinski definition) is 1. The number of rotatable bonds is 7. The molecule has 3 nitrogen and oxygen atoms in total. The van der Waals surface area contributed by atoms with Crippen LogP contribution in [0.25, 0.3) is 10.8 Å². The first-order valence-corrected chi connectivity index (χ1v) is 11.0. The van der Waals surface area contributed by atoms with Gasteiger partial charge in [-0.05, 0) is 79.5 Å². The van der Waals surface area contributed by atoms with Crippen molar-refractivity contribution in [2.75, 3.05) is 6.61 Å². The fraction of sp³-hybridized carbons (Fsp3) is 0.370. The molecule has 3 atom stereocenters. The molecular weight excluding hydrogens is 370 g/mol. The van der Waals surface area contributed by atoms with Gasteiger partial charge in [0.25, 0.3) is 0 Å². The molecule has 156 valence electrons. The molecule has 0 aliphatic heterocycles. The number of nitrogens with one attached hydrogen (secondary N) is 1. The molecule has 0 amide bonds. The second kappa shape index (κ2) is 9.01. The van der Waals surface area contributed by atoms with Gasteiger partial charge in [-0.1, -0.05) is 54.6 Å². The number of Topliss-reactive ketones (excluding diaryl/α,β-unsaturated/α-hetero) is 1. The number of carbonyl (C=O) groups is 1. The minimum Gasteiger partial charge on any atom is -0.486 e. The zero-order valence-electron chi connectivity index (χ0n) is 18.2. The highest BCUT2D eigenvalue weighted by Gasteiger charge is 2.27. The third-order valence-corrected chi connectivity index (χ3v) is 6.31. The van der Waals surface area contributed by atoms with Crippen molar-refractivity contribution in [3.05, 3.63) is 77.4 Å². The zero-order valence-corrected chi connectivity index (χ0v) is 18.2. The first kappa shape index (κ1) is 20.6. The van der Waals surface area contributed by atoms with E-state index in [2.05, 4.69) is 73.8 Å². The third kappa shape index (κ3) is 4.57. The van der Waals surface area contributed by atoms with Crippen LogP contribution < -0.4 is 10.1 Å². The van der Waals surface area contributed by atoms with E-state index < -0.39 is 0 Å². The summed E-state index contributed by atoms with van der Waals surface area (Å²) in [5.41, 5.74) is 3.86. The van der Waals surface area contributed by atoms with Crippen molar-refractivity contribution in [3.63, 3.8) is 0 Å². The summed E-state index contributed by atoms with van der Waals surface area (Å²) in [7, 11) is 0. The smallest absolute Gasteiger partial charge is 0.167 e. The molecule has 1 N–H and O–H groups in total. The second-order valence-corrected chi connectivity index (χ2v) is 8.68. The van der Waals surface area contributed by atoms with E-state index in [1.165, 1.54) is 34.7 Å². The number of ether oxygens (including phenoxy) is 1. The summed E-state index contributed by atoms with van der Waals surface area (Å²) in [5, 5.41) is 6.52. The van der Waals surface area contributed by atoms with Crippen molar-refractivity contribution in [3.8, 4) is 5.75 Å². The van der Waals surface area contributed by atoms with Crippen LogP contribution in [-0.4, -0.2) is 18.4 Å². The Labute approximate surface area is 179 Å². The molecule has 1 fully saturated rings. The van der Waals surface area contributed by atoms with Gasteiger partial charge in [0.1, 0.15) is 12.4 Å². The second-order valence-electron chi connectivity index (χ2n) is 8.68. The molecule has 30 heavy (non-hydrogen) atoms. The molecule has 0 spiro atoms. The lowest BCUT2D eigenvalue weighted by molar-refractivity contribution is -0.118. The summed E-state index contributed by atoms with van der Waals surface area (Å²) >= 11 is 0. The summed E-state index contributed by atoms with van der Waals surface area (Å²) in [4.78, 5) is 11.2. The molecule has 4 rings (SSSR count). The van der Waals surface area contributed by atoms with Gasteiger partial charge in [-0.3, -0.25) is 4.79 Å². The summed E-state index contributed by atoms with van der Waals surface area (Å²) in [5.74, 6) is 1.43. The lowest BCUT2D eigenvalue weighted by Crippen LogP contribution is -2.29. The van der Waals surface area contributed by atoms with Crippen LogP contribution >= 0.6 is 0 Å². The summed E-state index contributed by atoms with van der Waals surface area (Å²) < 4.78 is 5.61. The van der Waals surface area contributed by atoms with Crippen LogP contribution in [-0.2, 0) is 4.79 Å². The van der Waals surface area contributed by atoms with Crippen molar-refractivity contribution in [1.29, 1.82) is 0 Å². The number of fused-ring (bicyclic) bond motifs is 1. The maximum atomic E-state index is 11.2. The maximum absolute atomic E-state index is 11.2. The summed E-state index contributed by atoms with van der Waals surface area (Å²) in [6.45, 7) is 6.03. The van der Waals surface area contributed by atoms with E-state index in [1.54, 1.807) is 6.92 Å². The van der Waals surface area contributed by atoms with Crippen LogP contribution in [0.3, 0.4) is 0 Å². The van der Waals surface area contributed by atoms with Crippen LogP contribution in [0.2, 0.25) is 0 Å². The fourth-order valence-electron chi connectivity index (χ4n) is 4.77. The number of benzene rings is 3. The Hall–Kier alpha value is -2.65. The van der Waals surface area contributed by atoms with Crippen LogP contribution in [0.4, 0.5) is 0 Å². The Kier molecular flexibility index (Phi) is 6.19. The molecule has 3 aromatic carbocycles. The van der Waals surface area contributed by atoms with Gasteiger partial charge in [-0.25, -0.2) is 0 Å². The normalized spacial score (nSPS) is 19.7. The number of carbonyl (C=O) groups excluding carboxylic acids is 1. The van der Waals surface area contributed by atoms with E-state index in [0.717, 1.165) is 17.7 Å². The highest BCUT2D eigenvalue weighted by molar-refractivity contribution is 5.86. The average Bonchev–Trinajstić information content (AvgIpc) is 3.20. The first-order chi connectivity index (χ1) is 14.5. The molecule has 1 aliphatic carbocycles. The highest BCUT2D eigenvalue weighted by Crippen LogP contribution is 2.37. The molecule has 0 unspecified atom stereocenters. The monoisotopic (exact) mass is 401 g/mol. The number of hydrogen-bond acceptors (Lipinski definition) is 3. The summed E-state index contributed by atoms with van der Waals surface area (Å²) in [6, 6.07) is 22.5. The lowest BCUT2D eigenvalue weighted by atomic mass is 9.95. The number of aryl methyl sites for hydroxylation is 1. The predicted molar refractivity (Wildman–Crippen MR) is 123 cm³/mol. The fourth-order valence-corrected chi connectivity index (χ4v) is 4.77. The van der Waals surface area contributed by atoms with Gasteiger partial charge in [0.15, 0.2) is 5.78 Å². The molecule has 1 aliphatic rings. The molecule has 0 aromatic heterocycles. The topological polar surface area (TPSA) is 38.3 Å². The molecule has 1 saturated carbocycles. The maximum Gasteiger partial charge on any atom is 0.167 e. The Morgan fingerprint density at radius 3 is 2.70 bits per heavy atom. The van der Waals surface area contributed by atoms with Gasteiger partial charge in [0.05, 0.1) is 0 Å². The van der Waals surface area contributed by atoms with E-state index in [1.807, 2.05) is 6.07 Å².